The number of aromatic nitrogens is 1. The van der Waals surface area contributed by atoms with Crippen LogP contribution in [0.2, 0.25) is 0 Å². The van der Waals surface area contributed by atoms with Crippen LogP contribution < -0.4 is 0 Å². The molecule has 0 bridgehead atoms. The fraction of sp³-hybridized carbons (Fsp3) is 0. The van der Waals surface area contributed by atoms with Crippen molar-refractivity contribution in [3.05, 3.63) is 51.7 Å². The summed E-state index contributed by atoms with van der Waals surface area (Å²) in [4.78, 5) is 15.5. The van der Waals surface area contributed by atoms with Gasteiger partial charge >= 0.3 is 0 Å². The van der Waals surface area contributed by atoms with Crippen LogP contribution in [-0.2, 0) is 0 Å². The van der Waals surface area contributed by atoms with Crippen molar-refractivity contribution in [2.75, 3.05) is 0 Å². The number of hydrogen-bond donors (Lipinski definition) is 0. The molecule has 1 aromatic heterocycles. The lowest BCUT2D eigenvalue weighted by Crippen LogP contribution is -2.01. The van der Waals surface area contributed by atoms with Gasteiger partial charge < -0.3 is 4.42 Å². The fourth-order valence-electron chi connectivity index (χ4n) is 1.09. The maximum atomic E-state index is 11.7. The van der Waals surface area contributed by atoms with Crippen LogP contribution in [0.5, 0.6) is 0 Å². The summed E-state index contributed by atoms with van der Waals surface area (Å²) in [6.07, 6.45) is 2.85. The Balaban J connectivity index is 2.37. The molecule has 0 amide bonds. The van der Waals surface area contributed by atoms with Gasteiger partial charge in [-0.3, -0.25) is 4.79 Å². The number of oxazole rings is 1. The van der Waals surface area contributed by atoms with E-state index in [0.717, 1.165) is 3.57 Å². The highest BCUT2D eigenvalue weighted by atomic mass is 127. The zero-order valence-electron chi connectivity index (χ0n) is 7.11. The Morgan fingerprint density at radius 2 is 2.29 bits per heavy atom. The molecule has 0 aliphatic rings. The van der Waals surface area contributed by atoms with E-state index in [0.29, 0.717) is 5.56 Å². The van der Waals surface area contributed by atoms with Gasteiger partial charge in [0.25, 0.3) is 5.89 Å². The third kappa shape index (κ3) is 1.84. The van der Waals surface area contributed by atoms with Crippen LogP contribution in [0, 0.1) is 3.57 Å². The number of carbonyl (C=O) groups is 1. The predicted octanol–water partition coefficient (Wildman–Crippen LogP) is 2.51. The Bertz CT molecular complexity index is 451. The number of ketones is 1. The zero-order chi connectivity index (χ0) is 9.97. The molecule has 14 heavy (non-hydrogen) atoms. The lowest BCUT2D eigenvalue weighted by Gasteiger charge is -1.96. The molecule has 0 aliphatic heterocycles. The van der Waals surface area contributed by atoms with Crippen molar-refractivity contribution in [3.8, 4) is 0 Å². The van der Waals surface area contributed by atoms with Crippen molar-refractivity contribution in [1.29, 1.82) is 0 Å². The van der Waals surface area contributed by atoms with Gasteiger partial charge in [-0.1, -0.05) is 12.1 Å². The van der Waals surface area contributed by atoms with Gasteiger partial charge in [0.1, 0.15) is 6.26 Å². The maximum Gasteiger partial charge on any atom is 0.268 e. The Kier molecular flexibility index (Phi) is 2.62. The number of hydrogen-bond acceptors (Lipinski definition) is 3. The second-order valence-corrected chi connectivity index (χ2v) is 3.92. The van der Waals surface area contributed by atoms with E-state index in [9.17, 15) is 4.79 Å². The van der Waals surface area contributed by atoms with Crippen molar-refractivity contribution in [3.63, 3.8) is 0 Å². The van der Waals surface area contributed by atoms with Gasteiger partial charge in [-0.2, -0.15) is 0 Å². The van der Waals surface area contributed by atoms with E-state index in [4.69, 9.17) is 4.42 Å². The molecule has 2 rings (SSSR count). The van der Waals surface area contributed by atoms with Crippen molar-refractivity contribution in [2.45, 2.75) is 0 Å². The normalized spacial score (nSPS) is 10.1. The minimum absolute atomic E-state index is 0.131. The number of rotatable bonds is 2. The molecule has 0 atom stereocenters. The first-order valence-corrected chi connectivity index (χ1v) is 5.05. The van der Waals surface area contributed by atoms with E-state index in [2.05, 4.69) is 27.6 Å². The number of halogens is 1. The molecular weight excluding hydrogens is 293 g/mol. The van der Waals surface area contributed by atoms with Gasteiger partial charge in [-0.25, -0.2) is 4.98 Å². The second kappa shape index (κ2) is 3.91. The molecule has 0 fully saturated rings. The summed E-state index contributed by atoms with van der Waals surface area (Å²) in [5.41, 5.74) is 0.597. The monoisotopic (exact) mass is 299 g/mol. The van der Waals surface area contributed by atoms with Gasteiger partial charge in [-0.15, -0.1) is 0 Å². The second-order valence-electron chi connectivity index (χ2n) is 2.68. The first kappa shape index (κ1) is 9.39. The summed E-state index contributed by atoms with van der Waals surface area (Å²) in [6, 6.07) is 7.30. The van der Waals surface area contributed by atoms with Gasteiger partial charge in [0.15, 0.2) is 0 Å². The molecule has 70 valence electrons. The van der Waals surface area contributed by atoms with E-state index < -0.39 is 0 Å². The maximum absolute atomic E-state index is 11.7. The highest BCUT2D eigenvalue weighted by Crippen LogP contribution is 2.11. The molecule has 0 spiro atoms. The van der Waals surface area contributed by atoms with Crippen LogP contribution in [-0.4, -0.2) is 10.8 Å². The Hall–Kier alpha value is -1.17. The molecule has 0 saturated heterocycles. The largest absolute Gasteiger partial charge is 0.442 e. The summed E-state index contributed by atoms with van der Waals surface area (Å²) in [5.74, 6) is -0.0551. The molecule has 0 saturated carbocycles. The van der Waals surface area contributed by atoms with Gasteiger partial charge in [-0.05, 0) is 34.7 Å². The van der Waals surface area contributed by atoms with Crippen LogP contribution in [0.3, 0.4) is 0 Å². The topological polar surface area (TPSA) is 43.1 Å². The molecule has 3 nitrogen and oxygen atoms in total. The Morgan fingerprint density at radius 1 is 1.43 bits per heavy atom. The number of nitrogens with zero attached hydrogens (tertiary/aromatic N) is 1. The summed E-state index contributed by atoms with van der Waals surface area (Å²) in [7, 11) is 0. The molecule has 1 aromatic carbocycles. The van der Waals surface area contributed by atoms with Crippen LogP contribution in [0.25, 0.3) is 0 Å². The van der Waals surface area contributed by atoms with Crippen LogP contribution in [0.4, 0.5) is 0 Å². The van der Waals surface area contributed by atoms with Crippen LogP contribution >= 0.6 is 22.6 Å². The van der Waals surface area contributed by atoms with E-state index in [1.165, 1.54) is 12.5 Å². The summed E-state index contributed by atoms with van der Waals surface area (Å²) in [6.45, 7) is 0. The molecular formula is C10H6INO2. The highest BCUT2D eigenvalue weighted by Gasteiger charge is 2.12. The zero-order valence-corrected chi connectivity index (χ0v) is 9.26. The van der Waals surface area contributed by atoms with Gasteiger partial charge in [0.05, 0.1) is 6.20 Å². The van der Waals surface area contributed by atoms with E-state index in [1.807, 2.05) is 12.1 Å². The molecule has 2 aromatic rings. The molecule has 0 unspecified atom stereocenters. The molecule has 0 aliphatic carbocycles. The van der Waals surface area contributed by atoms with Crippen molar-refractivity contribution in [2.24, 2.45) is 0 Å². The Labute approximate surface area is 94.3 Å². The smallest absolute Gasteiger partial charge is 0.268 e. The predicted molar refractivity (Wildman–Crippen MR) is 59.1 cm³/mol. The van der Waals surface area contributed by atoms with Crippen molar-refractivity contribution < 1.29 is 9.21 Å². The molecule has 1 heterocycles. The van der Waals surface area contributed by atoms with Crippen LogP contribution in [0.1, 0.15) is 16.2 Å². The first-order valence-electron chi connectivity index (χ1n) is 3.97. The van der Waals surface area contributed by atoms with E-state index in [1.54, 1.807) is 12.1 Å². The minimum Gasteiger partial charge on any atom is -0.442 e. The third-order valence-corrected chi connectivity index (χ3v) is 2.38. The quantitative estimate of drug-likeness (QED) is 0.632. The average Bonchev–Trinajstić information content (AvgIpc) is 2.69. The fourth-order valence-corrected chi connectivity index (χ4v) is 1.63. The van der Waals surface area contributed by atoms with Crippen LogP contribution in [0.15, 0.2) is 41.1 Å². The molecule has 4 heteroatoms. The summed E-state index contributed by atoms with van der Waals surface area (Å²) < 4.78 is 5.94. The Morgan fingerprint density at radius 3 is 2.93 bits per heavy atom. The summed E-state index contributed by atoms with van der Waals surface area (Å²) in [5, 5.41) is 0. The van der Waals surface area contributed by atoms with E-state index >= 15 is 0 Å². The van der Waals surface area contributed by atoms with Gasteiger partial charge in [0, 0.05) is 9.13 Å². The first-order chi connectivity index (χ1) is 6.77. The standard InChI is InChI=1S/C10H6INO2/c11-8-3-1-2-7(6-8)9(13)10-12-4-5-14-10/h1-6H. The number of carbonyl (C=O) groups excluding carboxylic acids is 1. The lowest BCUT2D eigenvalue weighted by molar-refractivity contribution is 0.100. The summed E-state index contributed by atoms with van der Waals surface area (Å²) >= 11 is 2.15. The highest BCUT2D eigenvalue weighted by molar-refractivity contribution is 14.1. The SMILES string of the molecule is O=C(c1cccc(I)c1)c1ncco1. The molecule has 0 N–H and O–H groups in total. The van der Waals surface area contributed by atoms with Crippen molar-refractivity contribution in [1.82, 2.24) is 4.98 Å². The average molecular weight is 299 g/mol. The van der Waals surface area contributed by atoms with E-state index in [-0.39, 0.29) is 11.7 Å². The lowest BCUT2D eigenvalue weighted by atomic mass is 10.1. The van der Waals surface area contributed by atoms with Crippen molar-refractivity contribution >= 4 is 28.4 Å². The number of benzene rings is 1. The third-order valence-electron chi connectivity index (χ3n) is 1.71. The van der Waals surface area contributed by atoms with Gasteiger partial charge in [0.2, 0.25) is 5.78 Å². The molecule has 0 radical (unpaired) electrons. The minimum atomic E-state index is -0.187.